The Morgan fingerprint density at radius 2 is 1.89 bits per heavy atom. The van der Waals surface area contributed by atoms with Gasteiger partial charge >= 0.3 is 6.18 Å². The van der Waals surface area contributed by atoms with Crippen LogP contribution in [-0.4, -0.2) is 13.1 Å². The van der Waals surface area contributed by atoms with E-state index in [1.165, 1.54) is 25.0 Å². The Labute approximate surface area is 104 Å². The van der Waals surface area contributed by atoms with E-state index in [9.17, 15) is 13.2 Å². The third-order valence-electron chi connectivity index (χ3n) is 4.34. The lowest BCUT2D eigenvalue weighted by Gasteiger charge is -2.23. The van der Waals surface area contributed by atoms with Gasteiger partial charge in [0.1, 0.15) is 0 Å². The van der Waals surface area contributed by atoms with Crippen molar-refractivity contribution in [1.29, 1.82) is 0 Å². The van der Waals surface area contributed by atoms with Crippen LogP contribution in [0.25, 0.3) is 0 Å². The van der Waals surface area contributed by atoms with E-state index in [-0.39, 0.29) is 0 Å². The summed E-state index contributed by atoms with van der Waals surface area (Å²) < 4.78 is 37.4. The zero-order valence-corrected chi connectivity index (χ0v) is 10.1. The van der Waals surface area contributed by atoms with Crippen molar-refractivity contribution in [1.82, 2.24) is 5.32 Å². The van der Waals surface area contributed by atoms with Crippen molar-refractivity contribution in [3.8, 4) is 0 Å². The van der Waals surface area contributed by atoms with E-state index >= 15 is 0 Å². The minimum atomic E-state index is -4.23. The summed E-state index contributed by atoms with van der Waals surface area (Å²) in [5.41, 5.74) is 0.840. The van der Waals surface area contributed by atoms with Gasteiger partial charge in [-0.25, -0.2) is 0 Å². The predicted octanol–water partition coefficient (Wildman–Crippen LogP) is 3.56. The highest BCUT2D eigenvalue weighted by atomic mass is 19.4. The molecule has 1 nitrogen and oxygen atoms in total. The van der Waals surface area contributed by atoms with E-state index in [2.05, 4.69) is 5.32 Å². The molecule has 1 aromatic carbocycles. The van der Waals surface area contributed by atoms with Crippen LogP contribution in [0.15, 0.2) is 24.3 Å². The third-order valence-corrected chi connectivity index (χ3v) is 4.34. The zero-order chi connectivity index (χ0) is 12.8. The molecule has 2 atom stereocenters. The second kappa shape index (κ2) is 3.98. The number of alkyl halides is 3. The first-order valence-electron chi connectivity index (χ1n) is 6.39. The van der Waals surface area contributed by atoms with E-state index in [1.807, 2.05) is 0 Å². The highest BCUT2D eigenvalue weighted by molar-refractivity contribution is 5.34. The molecule has 18 heavy (non-hydrogen) atoms. The van der Waals surface area contributed by atoms with Gasteiger partial charge in [0.15, 0.2) is 0 Å². The Bertz CT molecular complexity index is 429. The van der Waals surface area contributed by atoms with Crippen LogP contribution in [0.3, 0.4) is 0 Å². The van der Waals surface area contributed by atoms with Gasteiger partial charge in [-0.3, -0.25) is 0 Å². The lowest BCUT2D eigenvalue weighted by molar-refractivity contribution is -0.137. The summed E-state index contributed by atoms with van der Waals surface area (Å²) in [4.78, 5) is 0. The quantitative estimate of drug-likeness (QED) is 0.809. The van der Waals surface area contributed by atoms with Gasteiger partial charge in [0.2, 0.25) is 0 Å². The van der Waals surface area contributed by atoms with Gasteiger partial charge in [0, 0.05) is 6.54 Å². The van der Waals surface area contributed by atoms with E-state index < -0.39 is 11.7 Å². The fourth-order valence-corrected chi connectivity index (χ4v) is 3.19. The number of nitrogens with one attached hydrogen (secondary N) is 1. The molecule has 0 amide bonds. The largest absolute Gasteiger partial charge is 0.416 e. The van der Waals surface area contributed by atoms with Crippen molar-refractivity contribution >= 4 is 0 Å². The molecule has 1 aliphatic carbocycles. The molecule has 1 saturated carbocycles. The lowest BCUT2D eigenvalue weighted by atomic mass is 9.91. The second-order valence-electron chi connectivity index (χ2n) is 5.52. The highest BCUT2D eigenvalue weighted by Gasteiger charge is 2.54. The van der Waals surface area contributed by atoms with Crippen molar-refractivity contribution in [3.63, 3.8) is 0 Å². The molecular formula is C14H16F3N. The molecule has 2 fully saturated rings. The first-order chi connectivity index (χ1) is 8.51. The van der Waals surface area contributed by atoms with Crippen LogP contribution in [-0.2, 0) is 6.18 Å². The van der Waals surface area contributed by atoms with Gasteiger partial charge in [-0.1, -0.05) is 12.1 Å². The van der Waals surface area contributed by atoms with Crippen molar-refractivity contribution in [2.24, 2.45) is 5.41 Å². The van der Waals surface area contributed by atoms with E-state index in [1.54, 1.807) is 12.1 Å². The zero-order valence-electron chi connectivity index (χ0n) is 10.1. The molecule has 0 aromatic heterocycles. The molecule has 98 valence electrons. The van der Waals surface area contributed by atoms with Crippen LogP contribution in [0, 0.1) is 5.41 Å². The van der Waals surface area contributed by atoms with E-state index in [4.69, 9.17) is 0 Å². The minimum absolute atomic E-state index is 0.331. The van der Waals surface area contributed by atoms with Gasteiger partial charge in [0.05, 0.1) is 5.56 Å². The lowest BCUT2D eigenvalue weighted by Crippen LogP contribution is -2.31. The number of hydrogen-bond donors (Lipinski definition) is 1. The van der Waals surface area contributed by atoms with Crippen LogP contribution in [0.1, 0.15) is 36.3 Å². The molecule has 1 spiro atoms. The van der Waals surface area contributed by atoms with Crippen molar-refractivity contribution in [2.45, 2.75) is 31.4 Å². The van der Waals surface area contributed by atoms with Gasteiger partial charge in [-0.05, 0) is 54.8 Å². The summed E-state index contributed by atoms with van der Waals surface area (Å²) in [6, 6.07) is 5.71. The monoisotopic (exact) mass is 255 g/mol. The molecule has 1 heterocycles. The SMILES string of the molecule is FC(F)(F)c1ccc(C2C[C@]23CCCNC3)cc1. The normalized spacial score (nSPS) is 31.6. The molecule has 4 heteroatoms. The van der Waals surface area contributed by atoms with E-state index in [0.29, 0.717) is 11.3 Å². The summed E-state index contributed by atoms with van der Waals surface area (Å²) in [6.07, 6.45) is -0.736. The van der Waals surface area contributed by atoms with Crippen molar-refractivity contribution in [3.05, 3.63) is 35.4 Å². The average Bonchev–Trinajstić information content (AvgIpc) is 3.03. The Hall–Kier alpha value is -1.03. The number of hydrogen-bond acceptors (Lipinski definition) is 1. The number of rotatable bonds is 1. The smallest absolute Gasteiger partial charge is 0.316 e. The molecule has 0 radical (unpaired) electrons. The molecule has 1 aromatic rings. The summed E-state index contributed by atoms with van der Waals surface area (Å²) >= 11 is 0. The van der Waals surface area contributed by atoms with Crippen LogP contribution in [0.5, 0.6) is 0 Å². The molecule has 2 aliphatic rings. The number of benzene rings is 1. The van der Waals surface area contributed by atoms with Crippen LogP contribution >= 0.6 is 0 Å². The maximum Gasteiger partial charge on any atom is 0.416 e. The summed E-state index contributed by atoms with van der Waals surface area (Å²) in [5.74, 6) is 0.451. The maximum atomic E-state index is 12.5. The maximum absolute atomic E-state index is 12.5. The molecule has 0 bridgehead atoms. The Balaban J connectivity index is 1.75. The summed E-state index contributed by atoms with van der Waals surface area (Å²) in [7, 11) is 0. The fraction of sp³-hybridized carbons (Fsp3) is 0.571. The van der Waals surface area contributed by atoms with Gasteiger partial charge < -0.3 is 5.32 Å². The third kappa shape index (κ3) is 2.03. The topological polar surface area (TPSA) is 12.0 Å². The van der Waals surface area contributed by atoms with E-state index in [0.717, 1.165) is 25.1 Å². The standard InChI is InChI=1S/C14H16F3N/c15-14(16,17)11-4-2-10(3-5-11)12-8-13(12)6-1-7-18-9-13/h2-5,12,18H,1,6-9H2/t12?,13-/m0/s1. The first-order valence-corrected chi connectivity index (χ1v) is 6.39. The molecule has 1 N–H and O–H groups in total. The highest BCUT2D eigenvalue weighted by Crippen LogP contribution is 2.62. The van der Waals surface area contributed by atoms with Crippen LogP contribution < -0.4 is 5.32 Å². The number of halogens is 3. The Kier molecular flexibility index (Phi) is 2.66. The van der Waals surface area contributed by atoms with Crippen LogP contribution in [0.4, 0.5) is 13.2 Å². The molecule has 1 aliphatic heterocycles. The van der Waals surface area contributed by atoms with Crippen molar-refractivity contribution < 1.29 is 13.2 Å². The van der Waals surface area contributed by atoms with Gasteiger partial charge in [-0.2, -0.15) is 13.2 Å². The predicted molar refractivity (Wildman–Crippen MR) is 63.3 cm³/mol. The average molecular weight is 255 g/mol. The summed E-state index contributed by atoms with van der Waals surface area (Å²) in [6.45, 7) is 2.08. The fourth-order valence-electron chi connectivity index (χ4n) is 3.19. The minimum Gasteiger partial charge on any atom is -0.316 e. The van der Waals surface area contributed by atoms with Crippen LogP contribution in [0.2, 0.25) is 0 Å². The Morgan fingerprint density at radius 3 is 2.44 bits per heavy atom. The van der Waals surface area contributed by atoms with Gasteiger partial charge in [-0.15, -0.1) is 0 Å². The molecular weight excluding hydrogens is 239 g/mol. The molecule has 3 rings (SSSR count). The Morgan fingerprint density at radius 1 is 1.17 bits per heavy atom. The molecule has 1 unspecified atom stereocenters. The first kappa shape index (κ1) is 12.0. The molecule has 1 saturated heterocycles. The second-order valence-corrected chi connectivity index (χ2v) is 5.52. The summed E-state index contributed by atoms with van der Waals surface area (Å²) in [5, 5.41) is 3.39. The van der Waals surface area contributed by atoms with Gasteiger partial charge in [0.25, 0.3) is 0 Å². The van der Waals surface area contributed by atoms with Crippen molar-refractivity contribution in [2.75, 3.05) is 13.1 Å². The number of piperidine rings is 1.